The summed E-state index contributed by atoms with van der Waals surface area (Å²) in [4.78, 5) is 0. The molecule has 0 aliphatic heterocycles. The van der Waals surface area contributed by atoms with Crippen LogP contribution >= 0.6 is 0 Å². The number of hydrogen-bond donors (Lipinski definition) is 0. The minimum atomic E-state index is 0.927. The third-order valence-corrected chi connectivity index (χ3v) is 4.66. The summed E-state index contributed by atoms with van der Waals surface area (Å²) < 4.78 is 0. The molecule has 4 unspecified atom stereocenters. The highest BCUT2D eigenvalue weighted by Crippen LogP contribution is 2.57. The van der Waals surface area contributed by atoms with Crippen molar-refractivity contribution in [2.45, 2.75) is 47.0 Å². The van der Waals surface area contributed by atoms with Gasteiger partial charge >= 0.3 is 0 Å². The Morgan fingerprint density at radius 1 is 0.923 bits per heavy atom. The monoisotopic (exact) mass is 180 g/mol. The Morgan fingerprint density at radius 3 is 2.00 bits per heavy atom. The molecule has 76 valence electrons. The van der Waals surface area contributed by atoms with Gasteiger partial charge in [-0.05, 0) is 54.8 Å². The fourth-order valence-corrected chi connectivity index (χ4v) is 4.25. The van der Waals surface area contributed by atoms with Gasteiger partial charge in [-0.2, -0.15) is 0 Å². The van der Waals surface area contributed by atoms with E-state index in [0.717, 1.165) is 35.5 Å². The lowest BCUT2D eigenvalue weighted by Crippen LogP contribution is -2.19. The van der Waals surface area contributed by atoms with E-state index in [4.69, 9.17) is 0 Å². The Kier molecular flexibility index (Phi) is 2.42. The van der Waals surface area contributed by atoms with E-state index < -0.39 is 0 Å². The van der Waals surface area contributed by atoms with Gasteiger partial charge in [-0.25, -0.2) is 0 Å². The molecule has 0 heteroatoms. The first-order valence-electron chi connectivity index (χ1n) is 6.11. The molecule has 4 atom stereocenters. The lowest BCUT2D eigenvalue weighted by atomic mass is 9.79. The maximum atomic E-state index is 2.43. The van der Waals surface area contributed by atoms with Crippen LogP contribution in [0, 0.1) is 35.5 Å². The summed E-state index contributed by atoms with van der Waals surface area (Å²) in [7, 11) is 0. The average molecular weight is 180 g/mol. The predicted molar refractivity (Wildman–Crippen MR) is 57.5 cm³/mol. The number of rotatable bonds is 2. The first-order chi connectivity index (χ1) is 6.11. The minimum absolute atomic E-state index is 0.927. The van der Waals surface area contributed by atoms with Gasteiger partial charge in [0, 0.05) is 0 Å². The van der Waals surface area contributed by atoms with Crippen LogP contribution in [0.4, 0.5) is 0 Å². The Bertz CT molecular complexity index is 180. The van der Waals surface area contributed by atoms with Gasteiger partial charge in [0.15, 0.2) is 0 Å². The van der Waals surface area contributed by atoms with Gasteiger partial charge in [0.25, 0.3) is 0 Å². The molecule has 0 heterocycles. The second-order valence-electron chi connectivity index (χ2n) is 5.97. The Morgan fingerprint density at radius 2 is 1.62 bits per heavy atom. The molecule has 2 aliphatic rings. The van der Waals surface area contributed by atoms with Gasteiger partial charge in [0.05, 0.1) is 0 Å². The smallest absolute Gasteiger partial charge is 0.0331 e. The summed E-state index contributed by atoms with van der Waals surface area (Å²) in [5.41, 5.74) is 0. The van der Waals surface area contributed by atoms with E-state index in [1.807, 2.05) is 0 Å². The van der Waals surface area contributed by atoms with Crippen LogP contribution in [0.3, 0.4) is 0 Å². The molecule has 2 rings (SSSR count). The molecule has 0 spiro atoms. The average Bonchev–Trinajstić information content (AvgIpc) is 2.58. The van der Waals surface area contributed by atoms with Crippen molar-refractivity contribution in [1.82, 2.24) is 0 Å². The molecule has 2 fully saturated rings. The standard InChI is InChI=1S/C13H24/c1-8(2)12-7-10-5-6-11(12)13(10)9(3)4/h8-13H,5-7H2,1-4H3. The largest absolute Gasteiger partial charge is 0.0625 e. The molecule has 2 saturated carbocycles. The van der Waals surface area contributed by atoms with Crippen LogP contribution in [0.5, 0.6) is 0 Å². The van der Waals surface area contributed by atoms with Crippen molar-refractivity contribution in [1.29, 1.82) is 0 Å². The van der Waals surface area contributed by atoms with E-state index in [0.29, 0.717) is 0 Å². The zero-order chi connectivity index (χ0) is 9.59. The predicted octanol–water partition coefficient (Wildman–Crippen LogP) is 3.96. The summed E-state index contributed by atoms with van der Waals surface area (Å²) >= 11 is 0. The maximum absolute atomic E-state index is 2.43. The molecule has 0 amide bonds. The summed E-state index contributed by atoms with van der Waals surface area (Å²) in [6.45, 7) is 9.70. The van der Waals surface area contributed by atoms with Gasteiger partial charge in [-0.3, -0.25) is 0 Å². The molecular weight excluding hydrogens is 156 g/mol. The quantitative estimate of drug-likeness (QED) is 0.603. The van der Waals surface area contributed by atoms with E-state index in [1.165, 1.54) is 12.8 Å². The third-order valence-electron chi connectivity index (χ3n) is 4.66. The van der Waals surface area contributed by atoms with Crippen LogP contribution < -0.4 is 0 Å². The number of hydrogen-bond acceptors (Lipinski definition) is 0. The van der Waals surface area contributed by atoms with Crippen molar-refractivity contribution in [3.05, 3.63) is 0 Å². The third kappa shape index (κ3) is 1.43. The molecule has 0 saturated heterocycles. The van der Waals surface area contributed by atoms with Gasteiger partial charge in [0.1, 0.15) is 0 Å². The van der Waals surface area contributed by atoms with Crippen molar-refractivity contribution in [3.63, 3.8) is 0 Å². The Labute approximate surface area is 83.1 Å². The number of fused-ring (bicyclic) bond motifs is 2. The summed E-state index contributed by atoms with van der Waals surface area (Å²) in [6, 6.07) is 0. The van der Waals surface area contributed by atoms with Crippen molar-refractivity contribution in [2.24, 2.45) is 35.5 Å². The van der Waals surface area contributed by atoms with E-state index in [2.05, 4.69) is 27.7 Å². The van der Waals surface area contributed by atoms with Gasteiger partial charge < -0.3 is 0 Å². The fraction of sp³-hybridized carbons (Fsp3) is 1.00. The molecule has 0 aromatic carbocycles. The SMILES string of the molecule is CC(C)C1CC2CCC1C2C(C)C. The zero-order valence-corrected chi connectivity index (χ0v) is 9.59. The Balaban J connectivity index is 2.10. The van der Waals surface area contributed by atoms with Crippen LogP contribution in [0.2, 0.25) is 0 Å². The summed E-state index contributed by atoms with van der Waals surface area (Å²) in [5, 5.41) is 0. The fourth-order valence-electron chi connectivity index (χ4n) is 4.25. The lowest BCUT2D eigenvalue weighted by Gasteiger charge is -2.26. The van der Waals surface area contributed by atoms with E-state index in [-0.39, 0.29) is 0 Å². The van der Waals surface area contributed by atoms with Gasteiger partial charge in [-0.1, -0.05) is 27.7 Å². The highest BCUT2D eigenvalue weighted by Gasteiger charge is 2.49. The molecule has 2 bridgehead atoms. The van der Waals surface area contributed by atoms with Crippen LogP contribution in [0.25, 0.3) is 0 Å². The molecule has 0 N–H and O–H groups in total. The summed E-state index contributed by atoms with van der Waals surface area (Å²) in [5.74, 6) is 6.18. The lowest BCUT2D eigenvalue weighted by molar-refractivity contribution is 0.225. The van der Waals surface area contributed by atoms with Gasteiger partial charge in [-0.15, -0.1) is 0 Å². The molecular formula is C13H24. The molecule has 0 aromatic heterocycles. The molecule has 0 radical (unpaired) electrons. The van der Waals surface area contributed by atoms with E-state index >= 15 is 0 Å². The van der Waals surface area contributed by atoms with Crippen molar-refractivity contribution >= 4 is 0 Å². The Hall–Kier alpha value is 0. The zero-order valence-electron chi connectivity index (χ0n) is 9.59. The topological polar surface area (TPSA) is 0 Å². The highest BCUT2D eigenvalue weighted by atomic mass is 14.5. The molecule has 0 aromatic rings. The minimum Gasteiger partial charge on any atom is -0.0625 e. The second kappa shape index (κ2) is 3.29. The van der Waals surface area contributed by atoms with E-state index in [9.17, 15) is 0 Å². The van der Waals surface area contributed by atoms with Crippen molar-refractivity contribution in [3.8, 4) is 0 Å². The van der Waals surface area contributed by atoms with Crippen LogP contribution in [0.15, 0.2) is 0 Å². The van der Waals surface area contributed by atoms with Crippen LogP contribution in [-0.4, -0.2) is 0 Å². The maximum Gasteiger partial charge on any atom is -0.0331 e. The highest BCUT2D eigenvalue weighted by molar-refractivity contribution is 4.98. The first-order valence-corrected chi connectivity index (χ1v) is 6.11. The van der Waals surface area contributed by atoms with Crippen molar-refractivity contribution < 1.29 is 0 Å². The molecule has 13 heavy (non-hydrogen) atoms. The first kappa shape index (κ1) is 9.55. The van der Waals surface area contributed by atoms with Crippen LogP contribution in [0.1, 0.15) is 47.0 Å². The van der Waals surface area contributed by atoms with Gasteiger partial charge in [0.2, 0.25) is 0 Å². The van der Waals surface area contributed by atoms with Crippen LogP contribution in [-0.2, 0) is 0 Å². The normalized spacial score (nSPS) is 43.8. The summed E-state index contributed by atoms with van der Waals surface area (Å²) in [6.07, 6.45) is 4.62. The molecule has 0 nitrogen and oxygen atoms in total. The molecule has 2 aliphatic carbocycles. The second-order valence-corrected chi connectivity index (χ2v) is 5.97. The van der Waals surface area contributed by atoms with E-state index in [1.54, 1.807) is 6.42 Å². The van der Waals surface area contributed by atoms with Crippen molar-refractivity contribution in [2.75, 3.05) is 0 Å².